The molecule has 84 valence electrons. The summed E-state index contributed by atoms with van der Waals surface area (Å²) in [7, 11) is 0. The lowest BCUT2D eigenvalue weighted by Crippen LogP contribution is -2.21. The first kappa shape index (κ1) is 10.5. The van der Waals surface area contributed by atoms with Crippen molar-refractivity contribution in [2.45, 2.75) is 6.18 Å². The average molecular weight is 228 g/mol. The van der Waals surface area contributed by atoms with Crippen molar-refractivity contribution in [1.29, 1.82) is 0 Å². The number of imidazole rings is 1. The van der Waals surface area contributed by atoms with E-state index in [9.17, 15) is 18.0 Å². The number of rotatable bonds is 1. The summed E-state index contributed by atoms with van der Waals surface area (Å²) in [6, 6.07) is 7.66. The molecule has 0 aliphatic carbocycles. The third kappa shape index (κ3) is 1.73. The van der Waals surface area contributed by atoms with E-state index in [1.54, 1.807) is 18.2 Å². The summed E-state index contributed by atoms with van der Waals surface area (Å²) in [6.45, 7) is 0. The van der Waals surface area contributed by atoms with Gasteiger partial charge in [-0.05, 0) is 12.1 Å². The normalized spacial score (nSPS) is 11.7. The summed E-state index contributed by atoms with van der Waals surface area (Å²) >= 11 is 0. The standard InChI is InChI=1S/C10H7F3N2O/c11-10(12,13)8-6-14-9(16)15(8)7-4-2-1-3-5-7/h1-6H,(H,14,16). The monoisotopic (exact) mass is 228 g/mol. The number of aromatic nitrogens is 2. The summed E-state index contributed by atoms with van der Waals surface area (Å²) in [5.41, 5.74) is -1.64. The van der Waals surface area contributed by atoms with E-state index in [-0.39, 0.29) is 5.69 Å². The smallest absolute Gasteiger partial charge is 0.312 e. The Hall–Kier alpha value is -1.98. The lowest BCUT2D eigenvalue weighted by atomic mass is 10.3. The van der Waals surface area contributed by atoms with Gasteiger partial charge in [-0.2, -0.15) is 13.2 Å². The van der Waals surface area contributed by atoms with Gasteiger partial charge in [0.05, 0.1) is 5.69 Å². The Morgan fingerprint density at radius 3 is 2.31 bits per heavy atom. The third-order valence-electron chi connectivity index (χ3n) is 2.08. The maximum absolute atomic E-state index is 12.6. The fourth-order valence-electron chi connectivity index (χ4n) is 1.41. The summed E-state index contributed by atoms with van der Waals surface area (Å²) in [6.07, 6.45) is -3.90. The van der Waals surface area contributed by atoms with Crippen molar-refractivity contribution < 1.29 is 13.2 Å². The molecule has 1 heterocycles. The molecule has 0 atom stereocenters. The molecular weight excluding hydrogens is 221 g/mol. The Kier molecular flexibility index (Phi) is 2.34. The predicted molar refractivity (Wildman–Crippen MR) is 51.4 cm³/mol. The second-order valence-corrected chi connectivity index (χ2v) is 3.15. The van der Waals surface area contributed by atoms with E-state index >= 15 is 0 Å². The van der Waals surface area contributed by atoms with Gasteiger partial charge in [0.2, 0.25) is 0 Å². The highest BCUT2D eigenvalue weighted by Gasteiger charge is 2.35. The second kappa shape index (κ2) is 3.55. The molecular formula is C10H7F3N2O. The van der Waals surface area contributed by atoms with Crippen LogP contribution in [0.4, 0.5) is 13.2 Å². The van der Waals surface area contributed by atoms with Crippen LogP contribution in [-0.4, -0.2) is 9.55 Å². The molecule has 0 saturated heterocycles. The molecule has 6 heteroatoms. The molecule has 0 aliphatic rings. The fraction of sp³-hybridized carbons (Fsp3) is 0.100. The number of para-hydroxylation sites is 1. The van der Waals surface area contributed by atoms with Gasteiger partial charge >= 0.3 is 11.9 Å². The van der Waals surface area contributed by atoms with Crippen LogP contribution in [0.25, 0.3) is 5.69 Å². The van der Waals surface area contributed by atoms with Crippen LogP contribution in [0.1, 0.15) is 5.69 Å². The van der Waals surface area contributed by atoms with Crippen LogP contribution in [0.5, 0.6) is 0 Å². The molecule has 0 fully saturated rings. The van der Waals surface area contributed by atoms with E-state index < -0.39 is 17.6 Å². The highest BCUT2D eigenvalue weighted by Crippen LogP contribution is 2.29. The lowest BCUT2D eigenvalue weighted by Gasteiger charge is -2.09. The van der Waals surface area contributed by atoms with Crippen LogP contribution in [0.15, 0.2) is 41.3 Å². The van der Waals surface area contributed by atoms with E-state index in [0.29, 0.717) is 10.8 Å². The summed E-state index contributed by atoms with van der Waals surface area (Å²) in [4.78, 5) is 13.3. The highest BCUT2D eigenvalue weighted by molar-refractivity contribution is 5.33. The zero-order chi connectivity index (χ0) is 11.8. The second-order valence-electron chi connectivity index (χ2n) is 3.15. The molecule has 16 heavy (non-hydrogen) atoms. The molecule has 0 saturated carbocycles. The maximum atomic E-state index is 12.6. The van der Waals surface area contributed by atoms with Crippen molar-refractivity contribution >= 4 is 0 Å². The van der Waals surface area contributed by atoms with Gasteiger partial charge in [-0.15, -0.1) is 0 Å². The van der Waals surface area contributed by atoms with Crippen LogP contribution < -0.4 is 5.69 Å². The number of halogens is 3. The number of H-pyrrole nitrogens is 1. The average Bonchev–Trinajstić information content (AvgIpc) is 2.61. The first-order chi connectivity index (χ1) is 7.50. The molecule has 1 N–H and O–H groups in total. The Balaban J connectivity index is 2.66. The first-order valence-electron chi connectivity index (χ1n) is 4.43. The molecule has 3 nitrogen and oxygen atoms in total. The zero-order valence-corrected chi connectivity index (χ0v) is 7.95. The molecule has 0 spiro atoms. The SMILES string of the molecule is O=c1[nH]cc(C(F)(F)F)n1-c1ccccc1. The van der Waals surface area contributed by atoms with E-state index in [0.717, 1.165) is 0 Å². The number of benzene rings is 1. The summed E-state index contributed by atoms with van der Waals surface area (Å²) < 4.78 is 38.3. The molecule has 0 radical (unpaired) electrons. The van der Waals surface area contributed by atoms with Gasteiger partial charge < -0.3 is 4.98 Å². The largest absolute Gasteiger partial charge is 0.433 e. The van der Waals surface area contributed by atoms with Gasteiger partial charge in [0.15, 0.2) is 0 Å². The molecule has 1 aromatic heterocycles. The van der Waals surface area contributed by atoms with Crippen LogP contribution in [0, 0.1) is 0 Å². The molecule has 0 amide bonds. The Morgan fingerprint density at radius 1 is 1.12 bits per heavy atom. The van der Waals surface area contributed by atoms with Crippen LogP contribution in [0.3, 0.4) is 0 Å². The number of aromatic amines is 1. The summed E-state index contributed by atoms with van der Waals surface area (Å²) in [5, 5.41) is 0. The van der Waals surface area contributed by atoms with Crippen molar-refractivity contribution in [3.63, 3.8) is 0 Å². The zero-order valence-electron chi connectivity index (χ0n) is 7.95. The number of hydrogen-bond donors (Lipinski definition) is 1. The Bertz CT molecular complexity index is 539. The first-order valence-corrected chi connectivity index (χ1v) is 4.43. The predicted octanol–water partition coefficient (Wildman–Crippen LogP) is 2.18. The molecule has 0 aliphatic heterocycles. The highest BCUT2D eigenvalue weighted by atomic mass is 19.4. The van der Waals surface area contributed by atoms with E-state index in [2.05, 4.69) is 0 Å². The quantitative estimate of drug-likeness (QED) is 0.798. The number of hydrogen-bond acceptors (Lipinski definition) is 1. The van der Waals surface area contributed by atoms with E-state index in [4.69, 9.17) is 0 Å². The minimum Gasteiger partial charge on any atom is -0.312 e. The molecule has 0 bridgehead atoms. The van der Waals surface area contributed by atoms with Crippen molar-refractivity contribution in [3.05, 3.63) is 52.7 Å². The van der Waals surface area contributed by atoms with Crippen molar-refractivity contribution in [1.82, 2.24) is 9.55 Å². The molecule has 2 rings (SSSR count). The number of alkyl halides is 3. The molecule has 1 aromatic carbocycles. The minimum absolute atomic E-state index is 0.182. The van der Waals surface area contributed by atoms with E-state index in [1.165, 1.54) is 12.1 Å². The van der Waals surface area contributed by atoms with Crippen molar-refractivity contribution in [2.24, 2.45) is 0 Å². The van der Waals surface area contributed by atoms with Crippen LogP contribution in [-0.2, 0) is 6.18 Å². The van der Waals surface area contributed by atoms with Crippen molar-refractivity contribution in [3.8, 4) is 5.69 Å². The Labute approximate surface area is 88.2 Å². The minimum atomic E-state index is -4.56. The van der Waals surface area contributed by atoms with Crippen LogP contribution >= 0.6 is 0 Å². The lowest BCUT2D eigenvalue weighted by molar-refractivity contribution is -0.142. The third-order valence-corrected chi connectivity index (χ3v) is 2.08. The number of nitrogens with zero attached hydrogens (tertiary/aromatic N) is 1. The summed E-state index contributed by atoms with van der Waals surface area (Å²) in [5.74, 6) is 0. The molecule has 0 unspecified atom stereocenters. The van der Waals surface area contributed by atoms with Gasteiger partial charge in [-0.1, -0.05) is 18.2 Å². The maximum Gasteiger partial charge on any atom is 0.433 e. The van der Waals surface area contributed by atoms with Crippen LogP contribution in [0.2, 0.25) is 0 Å². The molecule has 2 aromatic rings. The fourth-order valence-corrected chi connectivity index (χ4v) is 1.41. The van der Waals surface area contributed by atoms with Gasteiger partial charge in [0.1, 0.15) is 5.69 Å². The number of nitrogens with one attached hydrogen (secondary N) is 1. The van der Waals surface area contributed by atoms with Gasteiger partial charge in [-0.25, -0.2) is 4.79 Å². The van der Waals surface area contributed by atoms with Crippen molar-refractivity contribution in [2.75, 3.05) is 0 Å². The Morgan fingerprint density at radius 2 is 1.75 bits per heavy atom. The van der Waals surface area contributed by atoms with Gasteiger partial charge in [-0.3, -0.25) is 4.57 Å². The van der Waals surface area contributed by atoms with E-state index in [1.807, 2.05) is 4.98 Å². The van der Waals surface area contributed by atoms with Gasteiger partial charge in [0, 0.05) is 6.20 Å². The van der Waals surface area contributed by atoms with Gasteiger partial charge in [0.25, 0.3) is 0 Å². The topological polar surface area (TPSA) is 37.8 Å².